The third kappa shape index (κ3) is 4.71. The molecule has 1 aromatic carbocycles. The Balaban J connectivity index is 1.44. The Morgan fingerprint density at radius 1 is 1.32 bits per heavy atom. The Morgan fingerprint density at radius 2 is 2.18 bits per heavy atom. The van der Waals surface area contributed by atoms with Crippen molar-refractivity contribution in [3.05, 3.63) is 65.4 Å². The van der Waals surface area contributed by atoms with E-state index in [1.54, 1.807) is 17.0 Å². The zero-order chi connectivity index (χ0) is 19.5. The lowest BCUT2D eigenvalue weighted by Gasteiger charge is -2.24. The molecule has 1 amide bonds. The third-order valence-electron chi connectivity index (χ3n) is 5.53. The Bertz CT molecular complexity index is 853. The van der Waals surface area contributed by atoms with Gasteiger partial charge in [0.25, 0.3) is 0 Å². The van der Waals surface area contributed by atoms with Gasteiger partial charge >= 0.3 is 0 Å². The molecule has 2 aliphatic rings. The second-order valence-corrected chi connectivity index (χ2v) is 7.88. The van der Waals surface area contributed by atoms with E-state index in [-0.39, 0.29) is 17.8 Å². The lowest BCUT2D eigenvalue weighted by Crippen LogP contribution is -2.35. The van der Waals surface area contributed by atoms with Gasteiger partial charge in [-0.15, -0.1) is 0 Å². The van der Waals surface area contributed by atoms with Crippen LogP contribution in [-0.2, 0) is 16.1 Å². The first-order valence-electron chi connectivity index (χ1n) is 10.0. The molecule has 0 spiro atoms. The van der Waals surface area contributed by atoms with Gasteiger partial charge in [0.15, 0.2) is 0 Å². The summed E-state index contributed by atoms with van der Waals surface area (Å²) in [5.74, 6) is 2.45. The van der Waals surface area contributed by atoms with E-state index < -0.39 is 0 Å². The van der Waals surface area contributed by atoms with Crippen molar-refractivity contribution in [1.29, 1.82) is 0 Å². The summed E-state index contributed by atoms with van der Waals surface area (Å²) in [5, 5.41) is 0. The number of furan rings is 1. The number of carbonyl (C=O) groups is 1. The molecule has 3 unspecified atom stereocenters. The van der Waals surface area contributed by atoms with E-state index in [2.05, 4.69) is 6.92 Å². The van der Waals surface area contributed by atoms with Crippen LogP contribution >= 0.6 is 0 Å². The monoisotopic (exact) mass is 383 g/mol. The molecular weight excluding hydrogens is 357 g/mol. The topological polar surface area (TPSA) is 42.7 Å². The molecule has 1 aliphatic heterocycles. The summed E-state index contributed by atoms with van der Waals surface area (Å²) in [6.45, 7) is 3.80. The van der Waals surface area contributed by atoms with Gasteiger partial charge in [0.2, 0.25) is 5.91 Å². The van der Waals surface area contributed by atoms with Gasteiger partial charge in [-0.25, -0.2) is 4.39 Å². The molecule has 5 heteroatoms. The van der Waals surface area contributed by atoms with Gasteiger partial charge in [-0.2, -0.15) is 0 Å². The van der Waals surface area contributed by atoms with Gasteiger partial charge in [0.05, 0.1) is 6.10 Å². The fraction of sp³-hybridized carbons (Fsp3) is 0.435. The van der Waals surface area contributed by atoms with E-state index in [1.165, 1.54) is 24.6 Å². The van der Waals surface area contributed by atoms with E-state index >= 15 is 0 Å². The molecule has 148 valence electrons. The minimum absolute atomic E-state index is 0.0393. The van der Waals surface area contributed by atoms with Crippen LogP contribution in [0.25, 0.3) is 6.08 Å². The molecule has 1 saturated carbocycles. The van der Waals surface area contributed by atoms with Crippen molar-refractivity contribution in [2.24, 2.45) is 5.92 Å². The second-order valence-electron chi connectivity index (χ2n) is 7.88. The van der Waals surface area contributed by atoms with E-state index in [0.717, 1.165) is 30.8 Å². The third-order valence-corrected chi connectivity index (χ3v) is 5.53. The Kier molecular flexibility index (Phi) is 5.62. The highest BCUT2D eigenvalue weighted by Gasteiger charge is 2.36. The van der Waals surface area contributed by atoms with Gasteiger partial charge < -0.3 is 14.1 Å². The van der Waals surface area contributed by atoms with Crippen molar-refractivity contribution in [1.82, 2.24) is 4.90 Å². The molecular formula is C23H26FNO3. The molecule has 0 radical (unpaired) electrons. The van der Waals surface area contributed by atoms with Crippen LogP contribution in [0.1, 0.15) is 49.2 Å². The summed E-state index contributed by atoms with van der Waals surface area (Å²) in [7, 11) is 0. The first-order valence-corrected chi connectivity index (χ1v) is 10.0. The normalized spacial score (nSPS) is 24.0. The first-order chi connectivity index (χ1) is 13.6. The van der Waals surface area contributed by atoms with Crippen LogP contribution in [0, 0.1) is 11.7 Å². The van der Waals surface area contributed by atoms with Crippen LogP contribution in [0.15, 0.2) is 46.9 Å². The summed E-state index contributed by atoms with van der Waals surface area (Å²) in [6.07, 6.45) is 6.41. The number of rotatable bonds is 7. The van der Waals surface area contributed by atoms with Gasteiger partial charge in [0.1, 0.15) is 17.3 Å². The molecule has 1 aromatic heterocycles. The zero-order valence-electron chi connectivity index (χ0n) is 16.1. The Labute approximate surface area is 165 Å². The zero-order valence-corrected chi connectivity index (χ0v) is 16.1. The molecule has 3 atom stereocenters. The van der Waals surface area contributed by atoms with Crippen LogP contribution in [0.3, 0.4) is 0 Å². The average Bonchev–Trinajstić information content (AvgIpc) is 3.06. The highest BCUT2D eigenvalue weighted by atomic mass is 19.1. The summed E-state index contributed by atoms with van der Waals surface area (Å²) in [6, 6.07) is 10.3. The summed E-state index contributed by atoms with van der Waals surface area (Å²) in [5.41, 5.74) is 0.766. The molecule has 0 bridgehead atoms. The molecule has 1 saturated heterocycles. The predicted octanol–water partition coefficient (Wildman–Crippen LogP) is 4.76. The summed E-state index contributed by atoms with van der Waals surface area (Å²) in [4.78, 5) is 14.6. The molecule has 2 heterocycles. The number of carbonyl (C=O) groups excluding carboxylic acids is 1. The van der Waals surface area contributed by atoms with Crippen LogP contribution in [0.4, 0.5) is 4.39 Å². The number of amides is 1. The maximum atomic E-state index is 13.5. The molecule has 4 rings (SSSR count). The Hall–Kier alpha value is -2.40. The standard InChI is InChI=1S/C23H26FNO3/c1-16-12-21(16)22-9-7-19(28-22)8-10-23(26)25(15-20-6-3-11-27-20)14-17-4-2-5-18(24)13-17/h2,4-5,7-10,13,16,20-21H,3,6,11-12,14-15H2,1H3/b10-8+. The number of hydrogen-bond donors (Lipinski definition) is 0. The Morgan fingerprint density at radius 3 is 2.89 bits per heavy atom. The SMILES string of the molecule is CC1CC1c1ccc(/C=C/C(=O)N(Cc2cccc(F)c2)CC2CCCO2)o1. The molecule has 4 nitrogen and oxygen atoms in total. The molecule has 0 N–H and O–H groups in total. The summed E-state index contributed by atoms with van der Waals surface area (Å²) < 4.78 is 25.1. The van der Waals surface area contributed by atoms with Crippen LogP contribution in [-0.4, -0.2) is 30.1 Å². The first kappa shape index (κ1) is 18.9. The lowest BCUT2D eigenvalue weighted by molar-refractivity contribution is -0.128. The molecule has 1 aliphatic carbocycles. The quantitative estimate of drug-likeness (QED) is 0.647. The maximum absolute atomic E-state index is 13.5. The average molecular weight is 383 g/mol. The van der Waals surface area contributed by atoms with Crippen molar-refractivity contribution in [2.75, 3.05) is 13.2 Å². The summed E-state index contributed by atoms with van der Waals surface area (Å²) >= 11 is 0. The minimum Gasteiger partial charge on any atom is -0.461 e. The van der Waals surface area contributed by atoms with E-state index in [4.69, 9.17) is 9.15 Å². The van der Waals surface area contributed by atoms with E-state index in [9.17, 15) is 9.18 Å². The largest absolute Gasteiger partial charge is 0.461 e. The molecule has 2 aromatic rings. The van der Waals surface area contributed by atoms with E-state index in [1.807, 2.05) is 18.2 Å². The number of halogens is 1. The lowest BCUT2D eigenvalue weighted by atomic mass is 10.1. The number of ether oxygens (including phenoxy) is 1. The maximum Gasteiger partial charge on any atom is 0.247 e. The van der Waals surface area contributed by atoms with Crippen molar-refractivity contribution >= 4 is 12.0 Å². The van der Waals surface area contributed by atoms with Gasteiger partial charge in [-0.3, -0.25) is 4.79 Å². The molecule has 28 heavy (non-hydrogen) atoms. The fourth-order valence-electron chi connectivity index (χ4n) is 3.76. The predicted molar refractivity (Wildman–Crippen MR) is 105 cm³/mol. The number of hydrogen-bond acceptors (Lipinski definition) is 3. The van der Waals surface area contributed by atoms with Gasteiger partial charge in [-0.05, 0) is 61.1 Å². The van der Waals surface area contributed by atoms with Gasteiger partial charge in [0, 0.05) is 31.7 Å². The number of nitrogens with zero attached hydrogens (tertiary/aromatic N) is 1. The van der Waals surface area contributed by atoms with Crippen molar-refractivity contribution < 1.29 is 18.3 Å². The van der Waals surface area contributed by atoms with Crippen LogP contribution in [0.5, 0.6) is 0 Å². The number of benzene rings is 1. The van der Waals surface area contributed by atoms with Gasteiger partial charge in [-0.1, -0.05) is 19.1 Å². The van der Waals surface area contributed by atoms with Crippen molar-refractivity contribution in [3.63, 3.8) is 0 Å². The van der Waals surface area contributed by atoms with Crippen molar-refractivity contribution in [2.45, 2.75) is 44.8 Å². The smallest absolute Gasteiger partial charge is 0.247 e. The molecule has 2 fully saturated rings. The van der Waals surface area contributed by atoms with Crippen LogP contribution in [0.2, 0.25) is 0 Å². The highest BCUT2D eigenvalue weighted by Crippen LogP contribution is 2.47. The fourth-order valence-corrected chi connectivity index (χ4v) is 3.76. The van der Waals surface area contributed by atoms with Crippen LogP contribution < -0.4 is 0 Å². The second kappa shape index (κ2) is 8.31. The minimum atomic E-state index is -0.296. The van der Waals surface area contributed by atoms with Crippen molar-refractivity contribution in [3.8, 4) is 0 Å². The highest BCUT2D eigenvalue weighted by molar-refractivity contribution is 5.91. The van der Waals surface area contributed by atoms with E-state index in [0.29, 0.717) is 30.7 Å².